The quantitative estimate of drug-likeness (QED) is 0.864. The predicted molar refractivity (Wildman–Crippen MR) is 76.3 cm³/mol. The Balaban J connectivity index is 2.03. The van der Waals surface area contributed by atoms with Gasteiger partial charge in [-0.15, -0.1) is 5.10 Å². The lowest BCUT2D eigenvalue weighted by Gasteiger charge is -2.38. The molecule has 6 nitrogen and oxygen atoms in total. The van der Waals surface area contributed by atoms with E-state index in [1.54, 1.807) is 0 Å². The highest BCUT2D eigenvalue weighted by atomic mass is 16.5. The molecule has 0 aliphatic heterocycles. The van der Waals surface area contributed by atoms with Crippen LogP contribution in [-0.4, -0.2) is 26.8 Å². The summed E-state index contributed by atoms with van der Waals surface area (Å²) in [4.78, 5) is 0. The van der Waals surface area contributed by atoms with Gasteiger partial charge in [0.05, 0.1) is 12.1 Å². The predicted octanol–water partition coefficient (Wildman–Crippen LogP) is 2.22. The van der Waals surface area contributed by atoms with Gasteiger partial charge in [-0.05, 0) is 55.7 Å². The van der Waals surface area contributed by atoms with Crippen LogP contribution in [0, 0.1) is 0 Å². The van der Waals surface area contributed by atoms with E-state index in [4.69, 9.17) is 10.5 Å². The summed E-state index contributed by atoms with van der Waals surface area (Å²) in [6, 6.07) is 5.63. The molecule has 1 aliphatic carbocycles. The molecule has 1 fully saturated rings. The lowest BCUT2D eigenvalue weighted by atomic mass is 9.78. The smallest absolute Gasteiger partial charge is 0.182 e. The van der Waals surface area contributed by atoms with E-state index in [1.807, 2.05) is 29.8 Å². The Labute approximate surface area is 117 Å². The first-order valence-electron chi connectivity index (χ1n) is 6.95. The Morgan fingerprint density at radius 2 is 2.15 bits per heavy atom. The van der Waals surface area contributed by atoms with Crippen LogP contribution in [0.3, 0.4) is 0 Å². The van der Waals surface area contributed by atoms with Gasteiger partial charge in [-0.1, -0.05) is 0 Å². The van der Waals surface area contributed by atoms with Crippen LogP contribution in [0.15, 0.2) is 18.2 Å². The monoisotopic (exact) mass is 273 g/mol. The lowest BCUT2D eigenvalue weighted by molar-refractivity contribution is 0.148. The van der Waals surface area contributed by atoms with Crippen molar-refractivity contribution >= 4 is 5.69 Å². The van der Waals surface area contributed by atoms with E-state index in [1.165, 1.54) is 6.42 Å². The van der Waals surface area contributed by atoms with Crippen molar-refractivity contribution in [2.24, 2.45) is 0 Å². The largest absolute Gasteiger partial charge is 0.494 e. The van der Waals surface area contributed by atoms with Crippen LogP contribution in [0.25, 0.3) is 11.4 Å². The van der Waals surface area contributed by atoms with Crippen LogP contribution in [-0.2, 0) is 5.54 Å². The molecular weight excluding hydrogens is 254 g/mol. The maximum Gasteiger partial charge on any atom is 0.182 e. The molecule has 0 spiro atoms. The molecule has 106 valence electrons. The molecule has 1 aromatic heterocycles. The summed E-state index contributed by atoms with van der Waals surface area (Å²) >= 11 is 0. The van der Waals surface area contributed by atoms with Crippen molar-refractivity contribution in [2.75, 3.05) is 12.3 Å². The number of nitrogen functional groups attached to an aromatic ring is 1. The normalized spacial score (nSPS) is 16.7. The van der Waals surface area contributed by atoms with Gasteiger partial charge in [0, 0.05) is 17.3 Å². The van der Waals surface area contributed by atoms with Gasteiger partial charge in [0.15, 0.2) is 5.82 Å². The van der Waals surface area contributed by atoms with Crippen molar-refractivity contribution < 1.29 is 4.74 Å². The van der Waals surface area contributed by atoms with Gasteiger partial charge in [0.25, 0.3) is 0 Å². The molecule has 0 radical (unpaired) electrons. The molecule has 1 aromatic carbocycles. The molecule has 1 heterocycles. The van der Waals surface area contributed by atoms with E-state index in [0.717, 1.165) is 30.0 Å². The minimum atomic E-state index is 0.0230. The summed E-state index contributed by atoms with van der Waals surface area (Å²) in [5, 5.41) is 12.2. The van der Waals surface area contributed by atoms with Gasteiger partial charge in [-0.2, -0.15) is 0 Å². The highest BCUT2D eigenvalue weighted by Crippen LogP contribution is 2.40. The molecule has 1 saturated carbocycles. The minimum absolute atomic E-state index is 0.0230. The Hall–Kier alpha value is -2.11. The number of rotatable bonds is 4. The molecule has 0 atom stereocenters. The van der Waals surface area contributed by atoms with Crippen LogP contribution < -0.4 is 10.5 Å². The fourth-order valence-corrected chi connectivity index (χ4v) is 2.63. The summed E-state index contributed by atoms with van der Waals surface area (Å²) in [6.45, 7) is 4.74. The van der Waals surface area contributed by atoms with Crippen molar-refractivity contribution in [1.82, 2.24) is 20.2 Å². The fraction of sp³-hybridized carbons (Fsp3) is 0.500. The topological polar surface area (TPSA) is 78.8 Å². The number of ether oxygens (including phenoxy) is 1. The third kappa shape index (κ3) is 2.11. The number of hydrogen-bond donors (Lipinski definition) is 1. The standard InChI is InChI=1S/C14H19N5O/c1-3-20-12-8-10(7-11(15)9-12)13-16-17-18-19(13)14(2)5-4-6-14/h7-9H,3-6,15H2,1-2H3. The van der Waals surface area contributed by atoms with Crippen LogP contribution in [0.5, 0.6) is 5.75 Å². The molecular formula is C14H19N5O. The summed E-state index contributed by atoms with van der Waals surface area (Å²) in [6.07, 6.45) is 3.42. The molecule has 20 heavy (non-hydrogen) atoms. The molecule has 0 saturated heterocycles. The molecule has 0 bridgehead atoms. The van der Waals surface area contributed by atoms with Crippen molar-refractivity contribution in [1.29, 1.82) is 0 Å². The van der Waals surface area contributed by atoms with Gasteiger partial charge in [-0.25, -0.2) is 4.68 Å². The highest BCUT2D eigenvalue weighted by molar-refractivity contribution is 5.64. The zero-order chi connectivity index (χ0) is 14.2. The second-order valence-corrected chi connectivity index (χ2v) is 5.49. The van der Waals surface area contributed by atoms with E-state index in [0.29, 0.717) is 12.3 Å². The maximum atomic E-state index is 5.94. The Morgan fingerprint density at radius 3 is 2.80 bits per heavy atom. The average molecular weight is 273 g/mol. The van der Waals surface area contributed by atoms with E-state index in [-0.39, 0.29) is 5.54 Å². The molecule has 2 N–H and O–H groups in total. The van der Waals surface area contributed by atoms with E-state index in [2.05, 4.69) is 22.4 Å². The van der Waals surface area contributed by atoms with Crippen molar-refractivity contribution in [3.63, 3.8) is 0 Å². The zero-order valence-corrected chi connectivity index (χ0v) is 11.8. The molecule has 1 aliphatic rings. The summed E-state index contributed by atoms with van der Waals surface area (Å²) in [7, 11) is 0. The van der Waals surface area contributed by atoms with E-state index in [9.17, 15) is 0 Å². The molecule has 2 aromatic rings. The highest BCUT2D eigenvalue weighted by Gasteiger charge is 2.37. The first-order chi connectivity index (χ1) is 9.62. The van der Waals surface area contributed by atoms with Crippen LogP contribution in [0.2, 0.25) is 0 Å². The fourth-order valence-electron chi connectivity index (χ4n) is 2.63. The Morgan fingerprint density at radius 1 is 1.35 bits per heavy atom. The number of aromatic nitrogens is 4. The summed E-state index contributed by atoms with van der Waals surface area (Å²) in [5.74, 6) is 1.50. The van der Waals surface area contributed by atoms with Gasteiger partial charge in [0.2, 0.25) is 0 Å². The number of hydrogen-bond acceptors (Lipinski definition) is 5. The molecule has 3 rings (SSSR count). The Bertz CT molecular complexity index is 618. The zero-order valence-electron chi connectivity index (χ0n) is 11.8. The van der Waals surface area contributed by atoms with E-state index >= 15 is 0 Å². The third-order valence-corrected chi connectivity index (χ3v) is 3.91. The van der Waals surface area contributed by atoms with Gasteiger partial charge in [-0.3, -0.25) is 0 Å². The number of benzene rings is 1. The average Bonchev–Trinajstić information content (AvgIpc) is 2.85. The van der Waals surface area contributed by atoms with Gasteiger partial charge >= 0.3 is 0 Å². The molecule has 0 amide bonds. The second kappa shape index (κ2) is 4.77. The number of anilines is 1. The van der Waals surface area contributed by atoms with Crippen LogP contribution in [0.4, 0.5) is 5.69 Å². The first-order valence-corrected chi connectivity index (χ1v) is 6.95. The van der Waals surface area contributed by atoms with E-state index < -0.39 is 0 Å². The SMILES string of the molecule is CCOc1cc(N)cc(-c2nnnn2C2(C)CCC2)c1. The van der Waals surface area contributed by atoms with Gasteiger partial charge < -0.3 is 10.5 Å². The number of nitrogens with two attached hydrogens (primary N) is 1. The number of tetrazole rings is 1. The molecule has 6 heteroatoms. The molecule has 0 unspecified atom stereocenters. The Kier molecular flexibility index (Phi) is 3.08. The number of nitrogens with zero attached hydrogens (tertiary/aromatic N) is 4. The minimum Gasteiger partial charge on any atom is -0.494 e. The van der Waals surface area contributed by atoms with Crippen LogP contribution in [0.1, 0.15) is 33.1 Å². The third-order valence-electron chi connectivity index (χ3n) is 3.91. The maximum absolute atomic E-state index is 5.94. The van der Waals surface area contributed by atoms with Gasteiger partial charge in [0.1, 0.15) is 5.75 Å². The first kappa shape index (κ1) is 12.9. The van der Waals surface area contributed by atoms with Crippen molar-refractivity contribution in [2.45, 2.75) is 38.6 Å². The van der Waals surface area contributed by atoms with Crippen molar-refractivity contribution in [3.05, 3.63) is 18.2 Å². The van der Waals surface area contributed by atoms with Crippen molar-refractivity contribution in [3.8, 4) is 17.1 Å². The second-order valence-electron chi connectivity index (χ2n) is 5.49. The summed E-state index contributed by atoms with van der Waals surface area (Å²) < 4.78 is 7.45. The lowest BCUT2D eigenvalue weighted by Crippen LogP contribution is -2.38. The van der Waals surface area contributed by atoms with Crippen LogP contribution >= 0.6 is 0 Å². The summed E-state index contributed by atoms with van der Waals surface area (Å²) in [5.41, 5.74) is 7.51.